The SMILES string of the molecule is CC[C@@H]1C(COc2nccc3cc(C(N)=O)c(OC)cc23)NC(=O)[C@@H]1F. The predicted molar refractivity (Wildman–Crippen MR) is 92.9 cm³/mol. The van der Waals surface area contributed by atoms with Crippen LogP contribution in [0.25, 0.3) is 10.8 Å². The molecule has 0 spiro atoms. The van der Waals surface area contributed by atoms with Crippen LogP contribution in [0, 0.1) is 5.92 Å². The van der Waals surface area contributed by atoms with E-state index in [0.717, 1.165) is 0 Å². The second-order valence-electron chi connectivity index (χ2n) is 6.15. The summed E-state index contributed by atoms with van der Waals surface area (Å²) in [6, 6.07) is 4.53. The third kappa shape index (κ3) is 3.14. The molecule has 1 unspecified atom stereocenters. The molecule has 0 radical (unpaired) electrons. The zero-order valence-corrected chi connectivity index (χ0v) is 14.5. The maximum atomic E-state index is 13.9. The van der Waals surface area contributed by atoms with Crippen molar-refractivity contribution in [1.82, 2.24) is 10.3 Å². The van der Waals surface area contributed by atoms with Crippen LogP contribution in [0.15, 0.2) is 24.4 Å². The van der Waals surface area contributed by atoms with Crippen LogP contribution in [0.2, 0.25) is 0 Å². The van der Waals surface area contributed by atoms with Gasteiger partial charge in [-0.15, -0.1) is 0 Å². The Morgan fingerprint density at radius 1 is 1.42 bits per heavy atom. The van der Waals surface area contributed by atoms with Crippen LogP contribution in [-0.2, 0) is 4.79 Å². The Morgan fingerprint density at radius 3 is 2.85 bits per heavy atom. The summed E-state index contributed by atoms with van der Waals surface area (Å²) in [6.45, 7) is 1.92. The Kier molecular flexibility index (Phi) is 4.92. The number of amides is 2. The molecule has 0 aliphatic carbocycles. The molecule has 0 saturated carbocycles. The average Bonchev–Trinajstić information content (AvgIpc) is 2.91. The van der Waals surface area contributed by atoms with Gasteiger partial charge in [0.15, 0.2) is 6.17 Å². The van der Waals surface area contributed by atoms with E-state index >= 15 is 0 Å². The highest BCUT2D eigenvalue weighted by Gasteiger charge is 2.41. The number of fused-ring (bicyclic) bond motifs is 1. The Morgan fingerprint density at radius 2 is 2.19 bits per heavy atom. The largest absolute Gasteiger partial charge is 0.496 e. The number of carbonyl (C=O) groups is 2. The van der Waals surface area contributed by atoms with Gasteiger partial charge in [0.25, 0.3) is 11.8 Å². The highest BCUT2D eigenvalue weighted by atomic mass is 19.1. The van der Waals surface area contributed by atoms with Crippen LogP contribution < -0.4 is 20.5 Å². The van der Waals surface area contributed by atoms with E-state index < -0.39 is 29.9 Å². The first-order valence-corrected chi connectivity index (χ1v) is 8.30. The number of rotatable bonds is 6. The summed E-state index contributed by atoms with van der Waals surface area (Å²) < 4.78 is 24.9. The van der Waals surface area contributed by atoms with E-state index in [4.69, 9.17) is 15.2 Å². The minimum absolute atomic E-state index is 0.0939. The van der Waals surface area contributed by atoms with E-state index in [2.05, 4.69) is 10.3 Å². The number of primary amides is 1. The maximum absolute atomic E-state index is 13.9. The smallest absolute Gasteiger partial charge is 0.255 e. The molecule has 3 N–H and O–H groups in total. The van der Waals surface area contributed by atoms with Crippen molar-refractivity contribution in [3.05, 3.63) is 30.0 Å². The standard InChI is InChI=1S/C18H20FN3O4/c1-3-10-13(22-17(24)15(10)19)8-26-18-11-7-14(25-2)12(16(20)23)6-9(11)4-5-21-18/h4-7,10,13,15H,3,8H2,1-2H3,(H2,20,23)(H,22,24)/t10-,13?,15-/m1/s1. The van der Waals surface area contributed by atoms with Gasteiger partial charge in [0.2, 0.25) is 5.88 Å². The van der Waals surface area contributed by atoms with E-state index in [1.807, 2.05) is 6.92 Å². The molecule has 2 aromatic rings. The van der Waals surface area contributed by atoms with E-state index in [1.165, 1.54) is 13.3 Å². The number of carbonyl (C=O) groups excluding carboxylic acids is 2. The molecule has 1 aromatic heterocycles. The van der Waals surface area contributed by atoms with Gasteiger partial charge in [0.05, 0.1) is 18.7 Å². The molecule has 26 heavy (non-hydrogen) atoms. The Labute approximate surface area is 149 Å². The van der Waals surface area contributed by atoms with Crippen molar-refractivity contribution >= 4 is 22.6 Å². The third-order valence-corrected chi connectivity index (χ3v) is 4.66. The summed E-state index contributed by atoms with van der Waals surface area (Å²) >= 11 is 0. The fourth-order valence-electron chi connectivity index (χ4n) is 3.24. The van der Waals surface area contributed by atoms with Gasteiger partial charge in [-0.3, -0.25) is 9.59 Å². The normalized spacial score (nSPS) is 22.3. The van der Waals surface area contributed by atoms with Gasteiger partial charge < -0.3 is 20.5 Å². The number of nitrogens with two attached hydrogens (primary N) is 1. The summed E-state index contributed by atoms with van der Waals surface area (Å²) in [5, 5.41) is 3.95. The van der Waals surface area contributed by atoms with Crippen LogP contribution in [0.3, 0.4) is 0 Å². The number of aromatic nitrogens is 1. The fraction of sp³-hybridized carbons (Fsp3) is 0.389. The van der Waals surface area contributed by atoms with E-state index in [1.54, 1.807) is 18.2 Å². The molecule has 1 saturated heterocycles. The minimum atomic E-state index is -1.52. The van der Waals surface area contributed by atoms with Crippen molar-refractivity contribution in [3.63, 3.8) is 0 Å². The number of nitrogens with one attached hydrogen (secondary N) is 1. The lowest BCUT2D eigenvalue weighted by molar-refractivity contribution is -0.123. The Balaban J connectivity index is 1.89. The number of hydrogen-bond donors (Lipinski definition) is 2. The number of ether oxygens (including phenoxy) is 2. The molecule has 0 bridgehead atoms. The van der Waals surface area contributed by atoms with Crippen LogP contribution in [0.5, 0.6) is 11.6 Å². The molecule has 1 fully saturated rings. The lowest BCUT2D eigenvalue weighted by atomic mass is 9.97. The number of nitrogens with zero attached hydrogens (tertiary/aromatic N) is 1. The summed E-state index contributed by atoms with van der Waals surface area (Å²) in [4.78, 5) is 27.3. The lowest BCUT2D eigenvalue weighted by Gasteiger charge is -2.19. The summed E-state index contributed by atoms with van der Waals surface area (Å²) in [5.74, 6) is -1.02. The van der Waals surface area contributed by atoms with Crippen molar-refractivity contribution in [2.75, 3.05) is 13.7 Å². The van der Waals surface area contributed by atoms with Gasteiger partial charge in [-0.25, -0.2) is 9.37 Å². The first-order valence-electron chi connectivity index (χ1n) is 8.30. The number of halogens is 1. The molecule has 138 valence electrons. The van der Waals surface area contributed by atoms with Crippen LogP contribution in [0.1, 0.15) is 23.7 Å². The lowest BCUT2D eigenvalue weighted by Crippen LogP contribution is -2.34. The van der Waals surface area contributed by atoms with Gasteiger partial charge in [-0.2, -0.15) is 0 Å². The first-order chi connectivity index (χ1) is 12.5. The zero-order valence-electron chi connectivity index (χ0n) is 14.5. The Bertz CT molecular complexity index is 858. The molecular weight excluding hydrogens is 341 g/mol. The van der Waals surface area contributed by atoms with Gasteiger partial charge >= 0.3 is 0 Å². The Hall–Kier alpha value is -2.90. The monoisotopic (exact) mass is 361 g/mol. The summed E-state index contributed by atoms with van der Waals surface area (Å²) in [5.41, 5.74) is 5.63. The summed E-state index contributed by atoms with van der Waals surface area (Å²) in [6.07, 6.45) is 0.539. The van der Waals surface area contributed by atoms with Crippen molar-refractivity contribution in [3.8, 4) is 11.6 Å². The minimum Gasteiger partial charge on any atom is -0.496 e. The second-order valence-corrected chi connectivity index (χ2v) is 6.15. The number of methoxy groups -OCH3 is 1. The highest BCUT2D eigenvalue weighted by molar-refractivity contribution is 6.01. The maximum Gasteiger partial charge on any atom is 0.255 e. The van der Waals surface area contributed by atoms with Crippen molar-refractivity contribution in [2.24, 2.45) is 11.7 Å². The van der Waals surface area contributed by atoms with Crippen molar-refractivity contribution < 1.29 is 23.5 Å². The van der Waals surface area contributed by atoms with Gasteiger partial charge in [-0.05, 0) is 30.0 Å². The molecule has 1 aliphatic heterocycles. The van der Waals surface area contributed by atoms with E-state index in [9.17, 15) is 14.0 Å². The van der Waals surface area contributed by atoms with Crippen LogP contribution >= 0.6 is 0 Å². The van der Waals surface area contributed by atoms with E-state index in [-0.39, 0.29) is 12.2 Å². The molecule has 2 amide bonds. The van der Waals surface area contributed by atoms with Crippen molar-refractivity contribution in [1.29, 1.82) is 0 Å². The number of benzene rings is 1. The third-order valence-electron chi connectivity index (χ3n) is 4.66. The molecule has 1 aliphatic rings. The molecular formula is C18H20FN3O4. The molecule has 8 heteroatoms. The molecule has 2 heterocycles. The fourth-order valence-corrected chi connectivity index (χ4v) is 3.24. The second kappa shape index (κ2) is 7.15. The van der Waals surface area contributed by atoms with E-state index in [0.29, 0.717) is 28.8 Å². The number of alkyl halides is 1. The van der Waals surface area contributed by atoms with Gasteiger partial charge in [0, 0.05) is 17.5 Å². The predicted octanol–water partition coefficient (Wildman–Crippen LogP) is 1.58. The molecule has 7 nitrogen and oxygen atoms in total. The number of hydrogen-bond acceptors (Lipinski definition) is 5. The molecule has 3 rings (SSSR count). The van der Waals surface area contributed by atoms with Crippen molar-refractivity contribution in [2.45, 2.75) is 25.6 Å². The topological polar surface area (TPSA) is 104 Å². The number of pyridine rings is 1. The van der Waals surface area contributed by atoms with Crippen LogP contribution in [0.4, 0.5) is 4.39 Å². The van der Waals surface area contributed by atoms with Crippen LogP contribution in [-0.4, -0.2) is 42.7 Å². The highest BCUT2D eigenvalue weighted by Crippen LogP contribution is 2.31. The zero-order chi connectivity index (χ0) is 18.8. The summed E-state index contributed by atoms with van der Waals surface area (Å²) in [7, 11) is 1.44. The quantitative estimate of drug-likeness (QED) is 0.813. The average molecular weight is 361 g/mol. The van der Waals surface area contributed by atoms with Gasteiger partial charge in [0.1, 0.15) is 12.4 Å². The first kappa shape index (κ1) is 17.9. The molecule has 3 atom stereocenters. The van der Waals surface area contributed by atoms with Gasteiger partial charge in [-0.1, -0.05) is 6.92 Å². The molecule has 1 aromatic carbocycles.